The molecule has 0 fully saturated rings. The molecule has 0 saturated carbocycles. The van der Waals surface area contributed by atoms with Crippen molar-refractivity contribution < 1.29 is 9.84 Å². The maximum Gasteiger partial charge on any atom is 0.199 e. The highest BCUT2D eigenvalue weighted by Crippen LogP contribution is 2.28. The van der Waals surface area contributed by atoms with E-state index in [1.807, 2.05) is 95.9 Å². The number of nitrogens with zero attached hydrogens (tertiary/aromatic N) is 1. The van der Waals surface area contributed by atoms with Gasteiger partial charge in [-0.1, -0.05) is 54.6 Å². The molecular weight excluding hydrogens is 286 g/mol. The molecule has 0 amide bonds. The van der Waals surface area contributed by atoms with Gasteiger partial charge in [0.2, 0.25) is 0 Å². The van der Waals surface area contributed by atoms with Gasteiger partial charge in [0.05, 0.1) is 6.61 Å². The first kappa shape index (κ1) is 15.1. The third kappa shape index (κ3) is 3.71. The van der Waals surface area contributed by atoms with Crippen LogP contribution in [0.4, 0.5) is 11.4 Å². The molecule has 0 aliphatic rings. The lowest BCUT2D eigenvalue weighted by molar-refractivity contribution is 0.120. The molecule has 3 rings (SSSR count). The quantitative estimate of drug-likeness (QED) is 0.692. The molecule has 1 unspecified atom stereocenters. The minimum atomic E-state index is -0.512. The molecule has 1 N–H and O–H groups in total. The molecule has 0 aliphatic carbocycles. The van der Waals surface area contributed by atoms with Crippen LogP contribution < -0.4 is 9.64 Å². The lowest BCUT2D eigenvalue weighted by Crippen LogP contribution is -2.39. The van der Waals surface area contributed by atoms with Crippen molar-refractivity contribution in [2.75, 3.05) is 11.5 Å². The Morgan fingerprint density at radius 2 is 1.13 bits per heavy atom. The number of hydrogen-bond acceptors (Lipinski definition) is 3. The molecule has 0 aromatic heterocycles. The van der Waals surface area contributed by atoms with Crippen LogP contribution in [0.5, 0.6) is 5.75 Å². The van der Waals surface area contributed by atoms with Crippen molar-refractivity contribution in [1.29, 1.82) is 0 Å². The van der Waals surface area contributed by atoms with Crippen LogP contribution in [0.1, 0.15) is 0 Å². The molecular formula is C20H19NO2. The molecule has 0 bridgehead atoms. The number of rotatable bonds is 6. The van der Waals surface area contributed by atoms with Crippen LogP contribution in [-0.4, -0.2) is 17.9 Å². The van der Waals surface area contributed by atoms with Crippen molar-refractivity contribution in [2.24, 2.45) is 0 Å². The second kappa shape index (κ2) is 7.47. The van der Waals surface area contributed by atoms with E-state index in [4.69, 9.17) is 4.74 Å². The van der Waals surface area contributed by atoms with E-state index in [-0.39, 0.29) is 6.61 Å². The van der Waals surface area contributed by atoms with Crippen LogP contribution in [-0.2, 0) is 0 Å². The average molecular weight is 305 g/mol. The first-order valence-electron chi connectivity index (χ1n) is 7.60. The van der Waals surface area contributed by atoms with E-state index in [0.29, 0.717) is 0 Å². The van der Waals surface area contributed by atoms with Crippen molar-refractivity contribution in [3.63, 3.8) is 0 Å². The molecule has 116 valence electrons. The summed E-state index contributed by atoms with van der Waals surface area (Å²) in [6, 6.07) is 29.4. The summed E-state index contributed by atoms with van der Waals surface area (Å²) >= 11 is 0. The summed E-state index contributed by atoms with van der Waals surface area (Å²) in [5.41, 5.74) is 1.93. The van der Waals surface area contributed by atoms with E-state index in [0.717, 1.165) is 17.1 Å². The fourth-order valence-electron chi connectivity index (χ4n) is 2.49. The average Bonchev–Trinajstić information content (AvgIpc) is 2.64. The maximum atomic E-state index is 9.91. The van der Waals surface area contributed by atoms with E-state index >= 15 is 0 Å². The summed E-state index contributed by atoms with van der Waals surface area (Å²) < 4.78 is 6.01. The van der Waals surface area contributed by atoms with Crippen LogP contribution in [0.2, 0.25) is 0 Å². The number of benzene rings is 3. The van der Waals surface area contributed by atoms with Gasteiger partial charge in [0.25, 0.3) is 0 Å². The smallest absolute Gasteiger partial charge is 0.199 e. The Bertz CT molecular complexity index is 662. The van der Waals surface area contributed by atoms with E-state index in [9.17, 15) is 5.11 Å². The van der Waals surface area contributed by atoms with Crippen LogP contribution >= 0.6 is 0 Å². The van der Waals surface area contributed by atoms with Gasteiger partial charge in [-0.3, -0.25) is 0 Å². The first-order valence-corrected chi connectivity index (χ1v) is 7.60. The number of para-hydroxylation sites is 3. The summed E-state index contributed by atoms with van der Waals surface area (Å²) in [5.74, 6) is 0.725. The number of hydrogen-bond donors (Lipinski definition) is 1. The third-order valence-corrected chi connectivity index (χ3v) is 3.53. The zero-order valence-corrected chi connectivity index (χ0v) is 12.7. The Balaban J connectivity index is 1.96. The van der Waals surface area contributed by atoms with Gasteiger partial charge in [-0.25, -0.2) is 0 Å². The third-order valence-electron chi connectivity index (χ3n) is 3.53. The largest absolute Gasteiger partial charge is 0.468 e. The van der Waals surface area contributed by atoms with Gasteiger partial charge in [-0.15, -0.1) is 0 Å². The lowest BCUT2D eigenvalue weighted by atomic mass is 10.2. The molecule has 0 spiro atoms. The zero-order chi connectivity index (χ0) is 15.9. The fourth-order valence-corrected chi connectivity index (χ4v) is 2.49. The summed E-state index contributed by atoms with van der Waals surface area (Å²) in [5, 5.41) is 9.91. The van der Waals surface area contributed by atoms with Crippen LogP contribution in [0, 0.1) is 0 Å². The highest BCUT2D eigenvalue weighted by atomic mass is 16.5. The van der Waals surface area contributed by atoms with E-state index < -0.39 is 6.23 Å². The van der Waals surface area contributed by atoms with Gasteiger partial charge in [-0.2, -0.15) is 0 Å². The molecule has 0 aliphatic heterocycles. The molecule has 23 heavy (non-hydrogen) atoms. The SMILES string of the molecule is OCC(Oc1ccccc1)N(c1ccccc1)c1ccccc1. The Labute approximate surface area is 136 Å². The molecule has 3 nitrogen and oxygen atoms in total. The highest BCUT2D eigenvalue weighted by Gasteiger charge is 2.21. The molecule has 3 aromatic carbocycles. The molecule has 0 heterocycles. The molecule has 1 atom stereocenters. The second-order valence-corrected chi connectivity index (χ2v) is 5.11. The number of aliphatic hydroxyl groups is 1. The van der Waals surface area contributed by atoms with Crippen molar-refractivity contribution in [3.8, 4) is 5.75 Å². The minimum Gasteiger partial charge on any atom is -0.468 e. The lowest BCUT2D eigenvalue weighted by Gasteiger charge is -2.32. The molecule has 3 aromatic rings. The Hall–Kier alpha value is -2.78. The van der Waals surface area contributed by atoms with Gasteiger partial charge in [-0.05, 0) is 36.4 Å². The number of anilines is 2. The summed E-state index contributed by atoms with van der Waals surface area (Å²) in [4.78, 5) is 1.99. The second-order valence-electron chi connectivity index (χ2n) is 5.11. The fraction of sp³-hybridized carbons (Fsp3) is 0.100. The molecule has 0 saturated heterocycles. The summed E-state index contributed by atoms with van der Waals surface area (Å²) in [6.45, 7) is -0.126. The van der Waals surface area contributed by atoms with Gasteiger partial charge in [0.15, 0.2) is 6.23 Å². The van der Waals surface area contributed by atoms with Gasteiger partial charge >= 0.3 is 0 Å². The predicted octanol–water partition coefficient (Wildman–Crippen LogP) is 4.22. The van der Waals surface area contributed by atoms with E-state index in [1.165, 1.54) is 0 Å². The van der Waals surface area contributed by atoms with Crippen LogP contribution in [0.3, 0.4) is 0 Å². The Morgan fingerprint density at radius 1 is 0.696 bits per heavy atom. The standard InChI is InChI=1S/C20H19NO2/c22-16-20(23-19-14-8-3-9-15-19)21(17-10-4-1-5-11-17)18-12-6-2-7-13-18/h1-15,20,22H,16H2. The first-order chi connectivity index (χ1) is 11.4. The molecule has 0 radical (unpaired) electrons. The maximum absolute atomic E-state index is 9.91. The van der Waals surface area contributed by atoms with Crippen molar-refractivity contribution in [2.45, 2.75) is 6.23 Å². The summed E-state index contributed by atoms with van der Waals surface area (Å²) in [6.07, 6.45) is -0.512. The van der Waals surface area contributed by atoms with Crippen LogP contribution in [0.25, 0.3) is 0 Å². The van der Waals surface area contributed by atoms with Crippen molar-refractivity contribution >= 4 is 11.4 Å². The van der Waals surface area contributed by atoms with E-state index in [1.54, 1.807) is 0 Å². The van der Waals surface area contributed by atoms with Crippen molar-refractivity contribution in [1.82, 2.24) is 0 Å². The monoisotopic (exact) mass is 305 g/mol. The topological polar surface area (TPSA) is 32.7 Å². The minimum absolute atomic E-state index is 0.126. The van der Waals surface area contributed by atoms with Gasteiger partial charge in [0.1, 0.15) is 5.75 Å². The number of aliphatic hydroxyl groups excluding tert-OH is 1. The number of ether oxygens (including phenoxy) is 1. The van der Waals surface area contributed by atoms with E-state index in [2.05, 4.69) is 0 Å². The molecule has 3 heteroatoms. The van der Waals surface area contributed by atoms with Gasteiger partial charge in [0, 0.05) is 11.4 Å². The summed E-state index contributed by atoms with van der Waals surface area (Å²) in [7, 11) is 0. The highest BCUT2D eigenvalue weighted by molar-refractivity contribution is 5.63. The van der Waals surface area contributed by atoms with Gasteiger partial charge < -0.3 is 14.7 Å². The Morgan fingerprint density at radius 3 is 1.57 bits per heavy atom. The normalized spacial score (nSPS) is 11.7. The zero-order valence-electron chi connectivity index (χ0n) is 12.7. The van der Waals surface area contributed by atoms with Crippen LogP contribution in [0.15, 0.2) is 91.0 Å². The Kier molecular flexibility index (Phi) is 4.92. The van der Waals surface area contributed by atoms with Crippen molar-refractivity contribution in [3.05, 3.63) is 91.0 Å². The predicted molar refractivity (Wildman–Crippen MR) is 93.0 cm³/mol.